The molecule has 0 saturated carbocycles. The highest BCUT2D eigenvalue weighted by molar-refractivity contribution is 5.92. The summed E-state index contributed by atoms with van der Waals surface area (Å²) in [6.07, 6.45) is 0.772. The molecule has 11 nitrogen and oxygen atoms in total. The van der Waals surface area contributed by atoms with Crippen molar-refractivity contribution in [3.63, 3.8) is 0 Å². The number of amides is 2. The lowest BCUT2D eigenvalue weighted by Crippen LogP contribution is -2.49. The van der Waals surface area contributed by atoms with E-state index < -0.39 is 23.6 Å². The minimum absolute atomic E-state index is 0.0315. The van der Waals surface area contributed by atoms with E-state index >= 15 is 0 Å². The van der Waals surface area contributed by atoms with Crippen LogP contribution in [-0.2, 0) is 32.5 Å². The quantitative estimate of drug-likeness (QED) is 0.138. The number of carbonyl (C=O) groups is 2. The van der Waals surface area contributed by atoms with E-state index in [2.05, 4.69) is 10.5 Å². The molecule has 11 heteroatoms. The zero-order valence-corrected chi connectivity index (χ0v) is 24.0. The second kappa shape index (κ2) is 14.1. The zero-order chi connectivity index (χ0) is 30.1. The Kier molecular flexibility index (Phi) is 10.3. The summed E-state index contributed by atoms with van der Waals surface area (Å²) in [5.74, 6) is -1.49. The van der Waals surface area contributed by atoms with Gasteiger partial charge in [-0.1, -0.05) is 84.9 Å². The molecule has 2 amide bonds. The van der Waals surface area contributed by atoms with Gasteiger partial charge in [-0.3, -0.25) is 14.6 Å². The van der Waals surface area contributed by atoms with Crippen molar-refractivity contribution in [3.05, 3.63) is 107 Å². The monoisotopic (exact) mass is 573 g/mol. The zero-order valence-electron chi connectivity index (χ0n) is 24.0. The van der Waals surface area contributed by atoms with Crippen molar-refractivity contribution >= 4 is 17.8 Å². The third kappa shape index (κ3) is 8.37. The van der Waals surface area contributed by atoms with Gasteiger partial charge >= 0.3 is 0 Å². The highest BCUT2D eigenvalue weighted by Gasteiger charge is 2.35. The molecule has 3 aromatic carbocycles. The van der Waals surface area contributed by atoms with Crippen molar-refractivity contribution in [3.8, 4) is 0 Å². The van der Waals surface area contributed by atoms with Gasteiger partial charge in [-0.2, -0.15) is 4.94 Å². The van der Waals surface area contributed by atoms with E-state index in [0.29, 0.717) is 25.9 Å². The summed E-state index contributed by atoms with van der Waals surface area (Å²) in [4.78, 5) is 44.0. The smallest absolute Gasteiger partial charge is 0.240 e. The first-order valence-corrected chi connectivity index (χ1v) is 13.9. The van der Waals surface area contributed by atoms with Crippen LogP contribution in [0.1, 0.15) is 54.9 Å². The number of rotatable bonds is 13. The van der Waals surface area contributed by atoms with Crippen molar-refractivity contribution in [2.75, 3.05) is 6.54 Å². The number of benzene rings is 3. The van der Waals surface area contributed by atoms with Crippen LogP contribution in [0.2, 0.25) is 0 Å². The Morgan fingerprint density at radius 3 is 1.98 bits per heavy atom. The summed E-state index contributed by atoms with van der Waals surface area (Å²) in [7, 11) is 0. The average Bonchev–Trinajstić information content (AvgIpc) is 3.31. The van der Waals surface area contributed by atoms with Crippen LogP contribution in [0.25, 0.3) is 0 Å². The Morgan fingerprint density at radius 1 is 0.905 bits per heavy atom. The maximum Gasteiger partial charge on any atom is 0.240 e. The maximum absolute atomic E-state index is 14.5. The lowest BCUT2D eigenvalue weighted by atomic mass is 9.89. The van der Waals surface area contributed by atoms with Crippen LogP contribution >= 0.6 is 0 Å². The van der Waals surface area contributed by atoms with Gasteiger partial charge in [-0.25, -0.2) is 4.84 Å². The lowest BCUT2D eigenvalue weighted by molar-refractivity contribution is -0.332. The number of hydrogen-bond donors (Lipinski definition) is 4. The largest absolute Gasteiger partial charge is 0.370 e. The summed E-state index contributed by atoms with van der Waals surface area (Å²) in [5.41, 5.74) is 22.5. The van der Waals surface area contributed by atoms with Crippen molar-refractivity contribution in [1.29, 1.82) is 0 Å². The van der Waals surface area contributed by atoms with Gasteiger partial charge in [0.2, 0.25) is 11.8 Å². The molecule has 222 valence electrons. The lowest BCUT2D eigenvalue weighted by Gasteiger charge is -2.33. The van der Waals surface area contributed by atoms with Gasteiger partial charge < -0.3 is 22.1 Å². The molecule has 0 unspecified atom stereocenters. The molecule has 0 aromatic heterocycles. The second-order valence-electron chi connectivity index (χ2n) is 10.7. The number of guanidine groups is 1. The highest BCUT2D eigenvalue weighted by Crippen LogP contribution is 2.29. The summed E-state index contributed by atoms with van der Waals surface area (Å²) < 4.78 is 0. The molecule has 0 radical (unpaired) electrons. The van der Waals surface area contributed by atoms with E-state index in [9.17, 15) is 9.59 Å². The predicted octanol–water partition coefficient (Wildman–Crippen LogP) is 2.67. The van der Waals surface area contributed by atoms with Gasteiger partial charge in [0.1, 0.15) is 6.04 Å². The van der Waals surface area contributed by atoms with Crippen LogP contribution < -0.4 is 22.7 Å². The third-order valence-electron chi connectivity index (χ3n) is 6.84. The molecular weight excluding hydrogens is 534 g/mol. The van der Waals surface area contributed by atoms with Crippen molar-refractivity contribution in [2.45, 2.75) is 57.5 Å². The Bertz CT molecular complexity index is 1310. The van der Waals surface area contributed by atoms with Crippen LogP contribution in [0, 0.1) is 0 Å². The molecule has 42 heavy (non-hydrogen) atoms. The van der Waals surface area contributed by atoms with E-state index in [4.69, 9.17) is 27.0 Å². The summed E-state index contributed by atoms with van der Waals surface area (Å²) >= 11 is 0. The third-order valence-corrected chi connectivity index (χ3v) is 6.84. The van der Waals surface area contributed by atoms with Crippen LogP contribution in [0.4, 0.5) is 0 Å². The molecular formula is C31H39N7O4. The van der Waals surface area contributed by atoms with E-state index in [1.165, 1.54) is 5.23 Å². The first kappa shape index (κ1) is 30.7. The number of nitrogens with two attached hydrogens (primary N) is 3. The first-order valence-electron chi connectivity index (χ1n) is 13.9. The van der Waals surface area contributed by atoms with Crippen LogP contribution in [0.3, 0.4) is 0 Å². The topological polar surface area (TPSA) is 162 Å². The molecule has 1 aliphatic heterocycles. The number of hydrogen-bond acceptors (Lipinski definition) is 7. The van der Waals surface area contributed by atoms with Gasteiger partial charge in [-0.15, -0.1) is 5.48 Å². The number of carbonyl (C=O) groups excluding carboxylic acids is 2. The van der Waals surface area contributed by atoms with Gasteiger partial charge in [0.25, 0.3) is 0 Å². The molecule has 7 N–H and O–H groups in total. The first-order chi connectivity index (χ1) is 20.1. The number of primary amides is 1. The predicted molar refractivity (Wildman–Crippen MR) is 160 cm³/mol. The Labute approximate surface area is 246 Å². The fourth-order valence-corrected chi connectivity index (χ4v) is 4.83. The number of nitrogens with zero attached hydrogens (tertiary/aromatic N) is 3. The van der Waals surface area contributed by atoms with Crippen LogP contribution in [0.15, 0.2) is 89.9 Å². The Balaban J connectivity index is 1.63. The van der Waals surface area contributed by atoms with E-state index in [1.54, 1.807) is 4.90 Å². The second-order valence-corrected chi connectivity index (χ2v) is 10.7. The average molecular weight is 574 g/mol. The summed E-state index contributed by atoms with van der Waals surface area (Å²) in [5, 5.41) is 1.37. The van der Waals surface area contributed by atoms with Gasteiger partial charge in [0, 0.05) is 13.1 Å². The molecule has 3 aromatic rings. The van der Waals surface area contributed by atoms with E-state index in [-0.39, 0.29) is 18.4 Å². The van der Waals surface area contributed by atoms with Crippen molar-refractivity contribution in [1.82, 2.24) is 15.6 Å². The van der Waals surface area contributed by atoms with E-state index in [0.717, 1.165) is 22.3 Å². The molecule has 0 bridgehead atoms. The summed E-state index contributed by atoms with van der Waals surface area (Å²) in [6, 6.07) is 25.9. The highest BCUT2D eigenvalue weighted by atomic mass is 17.1. The van der Waals surface area contributed by atoms with Crippen molar-refractivity contribution < 1.29 is 19.4 Å². The number of hydroxylamine groups is 3. The minimum atomic E-state index is -0.874. The SMILES string of the molecule is CC1(C)NON(Cc2ccc(CN(C(=O)C(c3ccccc3)c3ccccc3)[C@H](CCCN=C(N)N)C(N)=O)cc2)O1. The summed E-state index contributed by atoms with van der Waals surface area (Å²) in [6.45, 7) is 4.59. The molecule has 0 aliphatic carbocycles. The minimum Gasteiger partial charge on any atom is -0.370 e. The van der Waals surface area contributed by atoms with Gasteiger partial charge in [-0.05, 0) is 54.2 Å². The molecule has 4 rings (SSSR count). The normalized spacial score (nSPS) is 15.3. The fraction of sp³-hybridized carbons (Fsp3) is 0.323. The molecule has 1 heterocycles. The Hall–Kier alpha value is -4.29. The standard InChI is InChI=1S/C31H39N7O4/c1-31(2)36-42-38(41-31)21-23-17-15-22(16-18-23)20-37(26(28(32)39)14-9-19-35-30(33)34)29(40)27(24-10-5-3-6-11-24)25-12-7-4-8-13-25/h3-8,10-13,15-18,26-27,36H,9,14,19-21H2,1-2H3,(H2,32,39)(H4,33,34,35)/t26-/m1/s1. The molecule has 0 spiro atoms. The van der Waals surface area contributed by atoms with Gasteiger partial charge in [0.15, 0.2) is 11.7 Å². The van der Waals surface area contributed by atoms with Gasteiger partial charge in [0.05, 0.1) is 12.5 Å². The number of nitrogens with one attached hydrogen (secondary N) is 1. The molecule has 1 fully saturated rings. The molecule has 1 aliphatic rings. The van der Waals surface area contributed by atoms with Crippen LogP contribution in [-0.4, -0.2) is 46.2 Å². The maximum atomic E-state index is 14.5. The van der Waals surface area contributed by atoms with Crippen LogP contribution in [0.5, 0.6) is 0 Å². The molecule has 1 saturated heterocycles. The fourth-order valence-electron chi connectivity index (χ4n) is 4.83. The number of aliphatic imine (C=N–C) groups is 1. The van der Waals surface area contributed by atoms with E-state index in [1.807, 2.05) is 98.8 Å². The van der Waals surface area contributed by atoms with Crippen molar-refractivity contribution in [2.24, 2.45) is 22.2 Å². The Morgan fingerprint density at radius 2 is 1.48 bits per heavy atom. The molecule has 1 atom stereocenters.